The number of aromatic nitrogens is 3. The first-order valence-corrected chi connectivity index (χ1v) is 34.1. The van der Waals surface area contributed by atoms with E-state index < -0.39 is 0 Å². The molecule has 20 aromatic rings. The van der Waals surface area contributed by atoms with E-state index in [9.17, 15) is 0 Å². The normalized spacial score (nSPS) is 14.6. The van der Waals surface area contributed by atoms with E-state index >= 15 is 0 Å². The van der Waals surface area contributed by atoms with Crippen LogP contribution in [0.5, 0.6) is 34.5 Å². The number of hydrogen-bond donors (Lipinski definition) is 0. The lowest BCUT2D eigenvalue weighted by Gasteiger charge is -2.44. The summed E-state index contributed by atoms with van der Waals surface area (Å²) >= 11 is 0. The summed E-state index contributed by atoms with van der Waals surface area (Å²) in [6.07, 6.45) is 0. The van der Waals surface area contributed by atoms with E-state index in [0.717, 1.165) is 117 Å². The van der Waals surface area contributed by atoms with Gasteiger partial charge in [0.1, 0.15) is 34.5 Å². The van der Waals surface area contributed by atoms with Gasteiger partial charge in [-0.2, -0.15) is 0 Å². The Morgan fingerprint density at radius 1 is 0.265 bits per heavy atom. The summed E-state index contributed by atoms with van der Waals surface area (Å²) in [5.41, 5.74) is 29.4. The number of para-hydroxylation sites is 9. The van der Waals surface area contributed by atoms with Crippen LogP contribution in [0.1, 0.15) is 0 Å². The molecule has 14 aromatic carbocycles. The van der Waals surface area contributed by atoms with Gasteiger partial charge in [-0.1, -0.05) is 176 Å². The van der Waals surface area contributed by atoms with Crippen LogP contribution < -0.4 is 78.1 Å². The van der Waals surface area contributed by atoms with E-state index in [0.29, 0.717) is 0 Å². The third-order valence-corrected chi connectivity index (χ3v) is 23.9. The zero-order chi connectivity index (χ0) is 63.1. The van der Waals surface area contributed by atoms with E-state index in [4.69, 9.17) is 14.2 Å². The fourth-order valence-electron chi connectivity index (χ4n) is 20.4. The van der Waals surface area contributed by atoms with Gasteiger partial charge in [-0.3, -0.25) is 0 Å². The molecule has 0 aliphatic carbocycles. The molecule has 0 saturated carbocycles. The van der Waals surface area contributed by atoms with Crippen molar-refractivity contribution in [3.63, 3.8) is 0 Å². The highest BCUT2D eigenvalue weighted by Crippen LogP contribution is 2.57. The van der Waals surface area contributed by atoms with Crippen molar-refractivity contribution in [3.8, 4) is 34.5 Å². The fraction of sp³-hybridized carbons (Fsp3) is 0.0233. The van der Waals surface area contributed by atoms with Crippen molar-refractivity contribution >= 4 is 223 Å². The van der Waals surface area contributed by atoms with E-state index in [-0.39, 0.29) is 20.1 Å². The lowest BCUT2D eigenvalue weighted by atomic mass is 9.29. The maximum Gasteiger partial charge on any atom is 0.260 e. The highest BCUT2D eigenvalue weighted by Gasteiger charge is 2.52. The number of ether oxygens (including phenoxy) is 3. The average molecular weight is 1240 g/mol. The third kappa shape index (κ3) is 5.43. The Bertz CT molecular complexity index is 7110. The summed E-state index contributed by atoms with van der Waals surface area (Å²) in [6, 6.07) is 92.8. The maximum atomic E-state index is 8.00. The summed E-state index contributed by atoms with van der Waals surface area (Å²) in [4.78, 5) is 7.58. The molecule has 448 valence electrons. The zero-order valence-electron chi connectivity index (χ0n) is 52.8. The Kier molecular flexibility index (Phi) is 8.54. The van der Waals surface area contributed by atoms with Crippen LogP contribution >= 0.6 is 0 Å². The molecular weight excluding hydrogens is 1200 g/mol. The molecule has 0 spiro atoms. The smallest absolute Gasteiger partial charge is 0.260 e. The summed E-state index contributed by atoms with van der Waals surface area (Å²) in [7, 11) is 4.59. The van der Waals surface area contributed by atoms with Gasteiger partial charge < -0.3 is 42.1 Å². The topological polar surface area (TPSA) is 50.6 Å². The number of benzene rings is 14. The minimum atomic E-state index is -0.333. The summed E-state index contributed by atoms with van der Waals surface area (Å²) < 4.78 is 30.9. The summed E-state index contributed by atoms with van der Waals surface area (Å²) in [5.74, 6) is 5.20. The Labute approximate surface area is 559 Å². The van der Waals surface area contributed by atoms with Gasteiger partial charge in [-0.15, -0.1) is 0 Å². The zero-order valence-corrected chi connectivity index (χ0v) is 52.8. The molecule has 6 aliphatic heterocycles. The van der Waals surface area contributed by atoms with Crippen LogP contribution in [-0.4, -0.2) is 47.4 Å². The predicted octanol–water partition coefficient (Wildman–Crippen LogP) is 14.9. The van der Waals surface area contributed by atoms with Crippen molar-refractivity contribution in [1.29, 1.82) is 0 Å². The Morgan fingerprint density at radius 2 is 0.622 bits per heavy atom. The molecule has 0 unspecified atom stereocenters. The molecule has 0 radical (unpaired) electrons. The fourth-order valence-corrected chi connectivity index (χ4v) is 20.4. The predicted molar refractivity (Wildman–Crippen MR) is 408 cm³/mol. The second kappa shape index (κ2) is 16.7. The van der Waals surface area contributed by atoms with Crippen LogP contribution in [0.2, 0.25) is 0 Å². The maximum absolute atomic E-state index is 8.00. The van der Waals surface area contributed by atoms with Gasteiger partial charge in [0.15, 0.2) is 0 Å². The van der Waals surface area contributed by atoms with Crippen molar-refractivity contribution in [2.24, 2.45) is 0 Å². The number of hydrogen-bond acceptors (Lipinski definition) is 6. The molecule has 6 aliphatic rings. The van der Waals surface area contributed by atoms with Crippen LogP contribution in [0.15, 0.2) is 249 Å². The highest BCUT2D eigenvalue weighted by atomic mass is 16.5. The van der Waals surface area contributed by atoms with Gasteiger partial charge in [0.2, 0.25) is 0 Å². The van der Waals surface area contributed by atoms with Gasteiger partial charge in [0.25, 0.3) is 20.1 Å². The number of rotatable bonds is 1. The first-order chi connectivity index (χ1) is 48.6. The molecule has 12 heteroatoms. The minimum absolute atomic E-state index is 0.177. The Hall–Kier alpha value is -12.5. The molecule has 0 amide bonds. The van der Waals surface area contributed by atoms with Crippen LogP contribution in [0.25, 0.3) is 114 Å². The summed E-state index contributed by atoms with van der Waals surface area (Å²) in [6.45, 7) is -0.699. The van der Waals surface area contributed by atoms with Crippen molar-refractivity contribution in [2.45, 2.75) is 0 Å². The van der Waals surface area contributed by atoms with E-state index in [1.807, 2.05) is 0 Å². The third-order valence-electron chi connectivity index (χ3n) is 23.9. The first-order valence-electron chi connectivity index (χ1n) is 34.1. The lowest BCUT2D eigenvalue weighted by Crippen LogP contribution is -2.65. The van der Waals surface area contributed by atoms with E-state index in [2.05, 4.69) is 291 Å². The van der Waals surface area contributed by atoms with E-state index in [1.54, 1.807) is 0 Å². The van der Waals surface area contributed by atoms with Gasteiger partial charge in [0.05, 0.1) is 71.5 Å². The monoisotopic (exact) mass is 1240 g/mol. The van der Waals surface area contributed by atoms with Crippen molar-refractivity contribution in [1.82, 2.24) is 13.2 Å². The Morgan fingerprint density at radius 3 is 1.13 bits per heavy atom. The standard InChI is InChI=1S/C86H47B3N6O3/c1-90-64-42-67-55(40-53(64)87-51-30-12-20-38-63(51)92(44-22-4-3-5-23-44)83-71-47-26-8-16-34-59(47)93-57-32-14-6-24-45(57)69(78(71)93)81(90)75(83)87)89-56-41-54-65(43-68(56)98-86-74-50-29-11-19-37-62(50)95-61-36-18-10-28-49(61)73(80(74)95)85(97-67)77(86)89)91(2)82-70-46-25-7-15-33-58(46)94-60-35-17-9-27-48(60)72(79(70)94)84-76(82)88(54)52-31-13-21-39-66(52)96-84/h3-43H,1-2H3. The molecule has 12 heterocycles. The molecule has 98 heavy (non-hydrogen) atoms. The molecule has 0 N–H and O–H groups in total. The first kappa shape index (κ1) is 50.0. The number of fused-ring (bicyclic) bond motifs is 36. The lowest BCUT2D eigenvalue weighted by molar-refractivity contribution is 0.472. The summed E-state index contributed by atoms with van der Waals surface area (Å²) in [5, 5.41) is 14.3. The average Bonchev–Trinajstić information content (AvgIpc) is 1.30. The van der Waals surface area contributed by atoms with Crippen molar-refractivity contribution < 1.29 is 14.2 Å². The number of nitrogens with zero attached hydrogens (tertiary/aromatic N) is 6. The van der Waals surface area contributed by atoms with Gasteiger partial charge in [-0.25, -0.2) is 0 Å². The van der Waals surface area contributed by atoms with E-state index in [1.165, 1.54) is 121 Å². The molecule has 0 bridgehead atoms. The second-order valence-electron chi connectivity index (χ2n) is 28.1. The largest absolute Gasteiger partial charge is 0.458 e. The molecule has 0 fully saturated rings. The van der Waals surface area contributed by atoms with Gasteiger partial charge >= 0.3 is 0 Å². The van der Waals surface area contributed by atoms with Gasteiger partial charge in [0, 0.05) is 114 Å². The molecule has 6 aromatic heterocycles. The Balaban J connectivity index is 0.799. The van der Waals surface area contributed by atoms with Crippen LogP contribution in [0.4, 0.5) is 39.8 Å². The van der Waals surface area contributed by atoms with Crippen LogP contribution in [-0.2, 0) is 0 Å². The minimum Gasteiger partial charge on any atom is -0.458 e. The molecule has 9 nitrogen and oxygen atoms in total. The highest BCUT2D eigenvalue weighted by molar-refractivity contribution is 7.04. The van der Waals surface area contributed by atoms with Gasteiger partial charge in [-0.05, 0) is 104 Å². The van der Waals surface area contributed by atoms with Crippen molar-refractivity contribution in [2.75, 3.05) is 28.8 Å². The second-order valence-corrected chi connectivity index (χ2v) is 28.1. The number of anilines is 7. The SMILES string of the molecule is CN1c2cc3c(cc2B2c4ccccc4Oc4c2c1c1c2ccccc2n2c5ccccc5c4c12)B1c2cc4c(cc2Oc2c1c(c1c5ccccc5n5c6ccccc6c2c15)O3)N(C)c1c2c(c3c5ccccc5n5c6ccccc6c1c35)N(c1ccccc1)c1ccccc1B42. The van der Waals surface area contributed by atoms with Crippen molar-refractivity contribution in [3.05, 3.63) is 249 Å². The molecule has 0 atom stereocenters. The van der Waals surface area contributed by atoms with Crippen LogP contribution in [0.3, 0.4) is 0 Å². The van der Waals surface area contributed by atoms with Crippen LogP contribution in [0, 0.1) is 0 Å². The quantitative estimate of drug-likeness (QED) is 0.153. The molecule has 0 saturated heterocycles. The molecular formula is C86H47B3N6O3. The molecule has 26 rings (SSSR count).